The van der Waals surface area contributed by atoms with E-state index in [2.05, 4.69) is 4.99 Å². The third-order valence-electron chi connectivity index (χ3n) is 2.95. The van der Waals surface area contributed by atoms with Crippen molar-refractivity contribution in [1.29, 1.82) is 0 Å². The van der Waals surface area contributed by atoms with Crippen LogP contribution in [-0.4, -0.2) is 11.4 Å². The molecule has 4 N–H and O–H groups in total. The van der Waals surface area contributed by atoms with Crippen LogP contribution in [0.5, 0.6) is 5.75 Å². The molecule has 2 rings (SSSR count). The van der Waals surface area contributed by atoms with E-state index in [1.165, 1.54) is 11.8 Å². The van der Waals surface area contributed by atoms with Crippen molar-refractivity contribution in [2.45, 2.75) is 13.2 Å². The number of aliphatic imine (C=N–C) groups is 1. The van der Waals surface area contributed by atoms with E-state index in [0.717, 1.165) is 22.6 Å². The number of nitrogens with two attached hydrogens (primary N) is 2. The highest BCUT2D eigenvalue weighted by atomic mass is 32.2. The summed E-state index contributed by atoms with van der Waals surface area (Å²) in [6, 6.07) is 15.7. The standard InChI is InChI=1S/C16H19N3OS/c1-21-16(18)19-14-7-8-15(13(9-14)10-17)20-11-12-5-3-2-4-6-12/h2-9H,10-11,17H2,1H3,(H2,18,19). The fourth-order valence-electron chi connectivity index (χ4n) is 1.84. The van der Waals surface area contributed by atoms with Crippen molar-refractivity contribution >= 4 is 22.6 Å². The largest absolute Gasteiger partial charge is 0.489 e. The summed E-state index contributed by atoms with van der Waals surface area (Å²) < 4.78 is 5.84. The molecular formula is C16H19N3OS. The molecular weight excluding hydrogens is 282 g/mol. The second kappa shape index (κ2) is 7.71. The quantitative estimate of drug-likeness (QED) is 0.657. The molecule has 0 bridgehead atoms. The van der Waals surface area contributed by atoms with E-state index in [0.29, 0.717) is 18.3 Å². The lowest BCUT2D eigenvalue weighted by atomic mass is 10.1. The van der Waals surface area contributed by atoms with Gasteiger partial charge in [0.05, 0.1) is 5.69 Å². The van der Waals surface area contributed by atoms with Crippen LogP contribution >= 0.6 is 11.8 Å². The Kier molecular flexibility index (Phi) is 5.66. The molecule has 0 aliphatic rings. The molecule has 0 saturated carbocycles. The van der Waals surface area contributed by atoms with Gasteiger partial charge in [0.1, 0.15) is 12.4 Å². The third kappa shape index (κ3) is 4.51. The summed E-state index contributed by atoms with van der Waals surface area (Å²) in [6.07, 6.45) is 1.89. The molecule has 0 aliphatic heterocycles. The highest BCUT2D eigenvalue weighted by molar-refractivity contribution is 8.13. The van der Waals surface area contributed by atoms with E-state index in [9.17, 15) is 0 Å². The molecule has 5 heteroatoms. The fraction of sp³-hybridized carbons (Fsp3) is 0.188. The molecule has 0 radical (unpaired) electrons. The smallest absolute Gasteiger partial charge is 0.158 e. The van der Waals surface area contributed by atoms with Crippen LogP contribution in [0, 0.1) is 0 Å². The first-order valence-electron chi connectivity index (χ1n) is 6.61. The average Bonchev–Trinajstić information content (AvgIpc) is 2.54. The first kappa shape index (κ1) is 15.4. The Balaban J connectivity index is 2.13. The summed E-state index contributed by atoms with van der Waals surface area (Å²) in [5, 5.41) is 0.524. The zero-order chi connectivity index (χ0) is 15.1. The highest BCUT2D eigenvalue weighted by Crippen LogP contribution is 2.25. The zero-order valence-corrected chi connectivity index (χ0v) is 12.8. The Morgan fingerprint density at radius 1 is 1.19 bits per heavy atom. The lowest BCUT2D eigenvalue weighted by Crippen LogP contribution is -2.05. The molecule has 0 unspecified atom stereocenters. The number of ether oxygens (including phenoxy) is 1. The predicted molar refractivity (Wildman–Crippen MR) is 89.9 cm³/mol. The van der Waals surface area contributed by atoms with E-state index in [-0.39, 0.29) is 0 Å². The minimum Gasteiger partial charge on any atom is -0.489 e. The number of hydrogen-bond acceptors (Lipinski definition) is 4. The van der Waals surface area contributed by atoms with Crippen molar-refractivity contribution in [1.82, 2.24) is 0 Å². The van der Waals surface area contributed by atoms with Gasteiger partial charge in [0.2, 0.25) is 0 Å². The SMILES string of the molecule is CSC(N)=Nc1ccc(OCc2ccccc2)c(CN)c1. The van der Waals surface area contributed by atoms with Crippen molar-refractivity contribution in [2.24, 2.45) is 16.5 Å². The number of rotatable bonds is 5. The van der Waals surface area contributed by atoms with Gasteiger partial charge in [-0.3, -0.25) is 0 Å². The number of hydrogen-bond donors (Lipinski definition) is 2. The Bertz CT molecular complexity index is 614. The van der Waals surface area contributed by atoms with Gasteiger partial charge in [-0.2, -0.15) is 0 Å². The molecule has 21 heavy (non-hydrogen) atoms. The molecule has 0 saturated heterocycles. The Morgan fingerprint density at radius 3 is 2.62 bits per heavy atom. The lowest BCUT2D eigenvalue weighted by molar-refractivity contribution is 0.303. The van der Waals surface area contributed by atoms with Crippen LogP contribution in [0.2, 0.25) is 0 Å². The molecule has 0 amide bonds. The van der Waals surface area contributed by atoms with Crippen molar-refractivity contribution in [3.63, 3.8) is 0 Å². The minimum absolute atomic E-state index is 0.395. The van der Waals surface area contributed by atoms with Gasteiger partial charge in [-0.05, 0) is 30.0 Å². The number of nitrogens with zero attached hydrogens (tertiary/aromatic N) is 1. The average molecular weight is 301 g/mol. The Labute approximate surface area is 129 Å². The Hall–Kier alpha value is -1.98. The summed E-state index contributed by atoms with van der Waals surface area (Å²) in [6.45, 7) is 0.913. The van der Waals surface area contributed by atoms with E-state index in [4.69, 9.17) is 16.2 Å². The van der Waals surface area contributed by atoms with Crippen molar-refractivity contribution in [2.75, 3.05) is 6.26 Å². The number of benzene rings is 2. The van der Waals surface area contributed by atoms with Gasteiger partial charge in [-0.25, -0.2) is 4.99 Å². The highest BCUT2D eigenvalue weighted by Gasteiger charge is 2.05. The molecule has 0 aliphatic carbocycles. The first-order valence-corrected chi connectivity index (χ1v) is 7.83. The van der Waals surface area contributed by atoms with Crippen molar-refractivity contribution in [3.8, 4) is 5.75 Å². The van der Waals surface area contributed by atoms with Crippen LogP contribution in [0.4, 0.5) is 5.69 Å². The van der Waals surface area contributed by atoms with E-state index in [1.54, 1.807) is 0 Å². The van der Waals surface area contributed by atoms with Gasteiger partial charge >= 0.3 is 0 Å². The maximum Gasteiger partial charge on any atom is 0.158 e. The lowest BCUT2D eigenvalue weighted by Gasteiger charge is -2.11. The summed E-state index contributed by atoms with van der Waals surface area (Å²) in [5.74, 6) is 0.781. The monoisotopic (exact) mass is 301 g/mol. The van der Waals surface area contributed by atoms with Gasteiger partial charge in [0, 0.05) is 12.1 Å². The summed E-state index contributed by atoms with van der Waals surface area (Å²) >= 11 is 1.41. The van der Waals surface area contributed by atoms with E-state index >= 15 is 0 Å². The maximum absolute atomic E-state index is 5.84. The molecule has 0 fully saturated rings. The predicted octanol–water partition coefficient (Wildman–Crippen LogP) is 3.03. The van der Waals surface area contributed by atoms with E-state index < -0.39 is 0 Å². The van der Waals surface area contributed by atoms with Gasteiger partial charge < -0.3 is 16.2 Å². The Morgan fingerprint density at radius 2 is 1.95 bits per heavy atom. The van der Waals surface area contributed by atoms with Gasteiger partial charge in [0.15, 0.2) is 5.17 Å². The molecule has 2 aromatic rings. The van der Waals surface area contributed by atoms with Crippen LogP contribution in [0.15, 0.2) is 53.5 Å². The normalized spacial score (nSPS) is 11.4. The van der Waals surface area contributed by atoms with Crippen LogP contribution in [0.1, 0.15) is 11.1 Å². The van der Waals surface area contributed by atoms with Crippen molar-refractivity contribution < 1.29 is 4.74 Å². The number of amidine groups is 1. The summed E-state index contributed by atoms with van der Waals surface area (Å²) in [5.41, 5.74) is 14.3. The number of thioether (sulfide) groups is 1. The molecule has 0 atom stereocenters. The van der Waals surface area contributed by atoms with E-state index in [1.807, 2.05) is 54.8 Å². The van der Waals surface area contributed by atoms with Gasteiger partial charge in [0.25, 0.3) is 0 Å². The molecule has 2 aromatic carbocycles. The molecule has 110 valence electrons. The molecule has 4 nitrogen and oxygen atoms in total. The van der Waals surface area contributed by atoms with Crippen molar-refractivity contribution in [3.05, 3.63) is 59.7 Å². The second-order valence-corrected chi connectivity index (χ2v) is 5.25. The summed E-state index contributed by atoms with van der Waals surface area (Å²) in [7, 11) is 0. The van der Waals surface area contributed by atoms with Crippen LogP contribution in [0.25, 0.3) is 0 Å². The topological polar surface area (TPSA) is 73.6 Å². The van der Waals surface area contributed by atoms with Crippen LogP contribution in [-0.2, 0) is 13.2 Å². The zero-order valence-electron chi connectivity index (χ0n) is 12.0. The third-order valence-corrected chi connectivity index (χ3v) is 3.46. The van der Waals surface area contributed by atoms with Crippen LogP contribution < -0.4 is 16.2 Å². The van der Waals surface area contributed by atoms with Crippen LogP contribution in [0.3, 0.4) is 0 Å². The summed E-state index contributed by atoms with van der Waals surface area (Å²) in [4.78, 5) is 4.29. The molecule has 0 spiro atoms. The molecule has 0 heterocycles. The van der Waals surface area contributed by atoms with Gasteiger partial charge in [-0.1, -0.05) is 42.1 Å². The maximum atomic E-state index is 5.84. The fourth-order valence-corrected chi connectivity index (χ4v) is 2.04. The molecule has 0 aromatic heterocycles. The second-order valence-electron chi connectivity index (χ2n) is 4.42. The minimum atomic E-state index is 0.395. The first-order chi connectivity index (χ1) is 10.2. The van der Waals surface area contributed by atoms with Gasteiger partial charge in [-0.15, -0.1) is 0 Å².